The summed E-state index contributed by atoms with van der Waals surface area (Å²) in [4.78, 5) is 14.1. The van der Waals surface area contributed by atoms with E-state index in [2.05, 4.69) is 5.32 Å². The van der Waals surface area contributed by atoms with Crippen LogP contribution in [0.2, 0.25) is 5.02 Å². The van der Waals surface area contributed by atoms with Crippen molar-refractivity contribution in [2.75, 3.05) is 19.6 Å². The van der Waals surface area contributed by atoms with E-state index < -0.39 is 5.82 Å². The van der Waals surface area contributed by atoms with Crippen molar-refractivity contribution in [2.45, 2.75) is 18.9 Å². The number of carbonyl (C=O) groups is 1. The summed E-state index contributed by atoms with van der Waals surface area (Å²) in [5, 5.41) is 3.76. The van der Waals surface area contributed by atoms with Crippen molar-refractivity contribution in [1.29, 1.82) is 0 Å². The van der Waals surface area contributed by atoms with Crippen LogP contribution in [0.1, 0.15) is 23.2 Å². The highest BCUT2D eigenvalue weighted by molar-refractivity contribution is 6.30. The number of piperidine rings is 1. The SMILES string of the molecule is Cl.O=C(c1ccc(Cl)cc1F)N1CCC2NCCC2C1. The van der Waals surface area contributed by atoms with Crippen molar-refractivity contribution >= 4 is 29.9 Å². The first-order chi connectivity index (χ1) is 9.15. The van der Waals surface area contributed by atoms with Crippen LogP contribution < -0.4 is 5.32 Å². The van der Waals surface area contributed by atoms with Crippen LogP contribution in [0.25, 0.3) is 0 Å². The quantitative estimate of drug-likeness (QED) is 0.863. The second-order valence-corrected chi connectivity index (χ2v) is 5.71. The summed E-state index contributed by atoms with van der Waals surface area (Å²) >= 11 is 5.71. The molecule has 1 N–H and O–H groups in total. The van der Waals surface area contributed by atoms with Gasteiger partial charge in [-0.25, -0.2) is 4.39 Å². The lowest BCUT2D eigenvalue weighted by Gasteiger charge is -2.35. The van der Waals surface area contributed by atoms with Gasteiger partial charge in [0.1, 0.15) is 5.82 Å². The van der Waals surface area contributed by atoms with E-state index in [1.165, 1.54) is 12.1 Å². The van der Waals surface area contributed by atoms with Gasteiger partial charge < -0.3 is 10.2 Å². The number of nitrogens with one attached hydrogen (secondary N) is 1. The van der Waals surface area contributed by atoms with Gasteiger partial charge in [0, 0.05) is 24.2 Å². The van der Waals surface area contributed by atoms with E-state index >= 15 is 0 Å². The number of carbonyl (C=O) groups excluding carboxylic acids is 1. The third-order valence-corrected chi connectivity index (χ3v) is 4.34. The first-order valence-corrected chi connectivity index (χ1v) is 7.00. The molecule has 110 valence electrons. The Kier molecular flexibility index (Phi) is 4.89. The van der Waals surface area contributed by atoms with Crippen LogP contribution in [0.4, 0.5) is 4.39 Å². The summed E-state index contributed by atoms with van der Waals surface area (Å²) in [7, 11) is 0. The van der Waals surface area contributed by atoms with Gasteiger partial charge in [-0.1, -0.05) is 11.6 Å². The van der Waals surface area contributed by atoms with Gasteiger partial charge in [-0.05, 0) is 43.5 Å². The van der Waals surface area contributed by atoms with Crippen molar-refractivity contribution in [1.82, 2.24) is 10.2 Å². The van der Waals surface area contributed by atoms with Crippen molar-refractivity contribution in [3.05, 3.63) is 34.6 Å². The summed E-state index contributed by atoms with van der Waals surface area (Å²) in [6, 6.07) is 4.75. The number of halogens is 3. The number of likely N-dealkylation sites (tertiary alicyclic amines) is 1. The van der Waals surface area contributed by atoms with Crippen LogP contribution in [0.15, 0.2) is 18.2 Å². The van der Waals surface area contributed by atoms with E-state index in [0.717, 1.165) is 25.9 Å². The van der Waals surface area contributed by atoms with E-state index in [1.54, 1.807) is 11.0 Å². The van der Waals surface area contributed by atoms with Gasteiger partial charge in [-0.3, -0.25) is 4.79 Å². The first kappa shape index (κ1) is 15.5. The molecular formula is C14H17Cl2FN2O. The predicted molar refractivity (Wildman–Crippen MR) is 79.1 cm³/mol. The van der Waals surface area contributed by atoms with E-state index in [9.17, 15) is 9.18 Å². The molecule has 20 heavy (non-hydrogen) atoms. The Labute approximate surface area is 128 Å². The molecule has 1 aromatic carbocycles. The predicted octanol–water partition coefficient (Wildman–Crippen LogP) is 2.72. The lowest BCUT2D eigenvalue weighted by Crippen LogP contribution is -2.47. The van der Waals surface area contributed by atoms with Gasteiger partial charge in [-0.15, -0.1) is 12.4 Å². The van der Waals surface area contributed by atoms with Crippen LogP contribution in [-0.4, -0.2) is 36.5 Å². The summed E-state index contributed by atoms with van der Waals surface area (Å²) < 4.78 is 13.8. The molecule has 0 aromatic heterocycles. The third kappa shape index (κ3) is 2.92. The zero-order valence-electron chi connectivity index (χ0n) is 10.9. The molecule has 6 heteroatoms. The monoisotopic (exact) mass is 318 g/mol. The standard InChI is InChI=1S/C14H16ClFN2O.ClH/c15-10-1-2-11(12(16)7-10)14(19)18-6-4-13-9(8-18)3-5-17-13;/h1-2,7,9,13,17H,3-6,8H2;1H. The normalized spacial score (nSPS) is 25.0. The van der Waals surface area contributed by atoms with Crippen molar-refractivity contribution < 1.29 is 9.18 Å². The van der Waals surface area contributed by atoms with Crippen molar-refractivity contribution in [2.24, 2.45) is 5.92 Å². The van der Waals surface area contributed by atoms with Crippen LogP contribution >= 0.6 is 24.0 Å². The van der Waals surface area contributed by atoms with E-state index in [1.807, 2.05) is 0 Å². The number of amides is 1. The zero-order chi connectivity index (χ0) is 13.4. The molecule has 0 radical (unpaired) electrons. The number of hydrogen-bond acceptors (Lipinski definition) is 2. The highest BCUT2D eigenvalue weighted by Gasteiger charge is 2.35. The van der Waals surface area contributed by atoms with Crippen LogP contribution in [0.3, 0.4) is 0 Å². The molecule has 2 atom stereocenters. The first-order valence-electron chi connectivity index (χ1n) is 6.63. The van der Waals surface area contributed by atoms with Gasteiger partial charge in [0.05, 0.1) is 5.56 Å². The maximum atomic E-state index is 13.8. The molecule has 1 aromatic rings. The van der Waals surface area contributed by atoms with Crippen LogP contribution in [0.5, 0.6) is 0 Å². The Morgan fingerprint density at radius 1 is 1.40 bits per heavy atom. The molecule has 1 amide bonds. The minimum Gasteiger partial charge on any atom is -0.338 e. The molecule has 0 saturated carbocycles. The number of hydrogen-bond donors (Lipinski definition) is 1. The van der Waals surface area contributed by atoms with Crippen LogP contribution in [0, 0.1) is 11.7 Å². The molecule has 2 fully saturated rings. The Morgan fingerprint density at radius 2 is 2.20 bits per heavy atom. The molecule has 2 aliphatic heterocycles. The maximum absolute atomic E-state index is 13.8. The number of rotatable bonds is 1. The second-order valence-electron chi connectivity index (χ2n) is 5.27. The molecule has 2 saturated heterocycles. The van der Waals surface area contributed by atoms with E-state index in [4.69, 9.17) is 11.6 Å². The minimum atomic E-state index is -0.538. The molecule has 2 aliphatic rings. The Hall–Kier alpha value is -0.840. The largest absolute Gasteiger partial charge is 0.338 e. The number of benzene rings is 1. The molecule has 2 heterocycles. The highest BCUT2D eigenvalue weighted by atomic mass is 35.5. The lowest BCUT2D eigenvalue weighted by atomic mass is 9.93. The topological polar surface area (TPSA) is 32.3 Å². The summed E-state index contributed by atoms with van der Waals surface area (Å²) in [5.41, 5.74) is 0.119. The van der Waals surface area contributed by atoms with E-state index in [0.29, 0.717) is 23.5 Å². The fourth-order valence-electron chi connectivity index (χ4n) is 3.07. The summed E-state index contributed by atoms with van der Waals surface area (Å²) in [6.45, 7) is 2.43. The molecule has 3 rings (SSSR count). The summed E-state index contributed by atoms with van der Waals surface area (Å²) in [5.74, 6) is -0.253. The smallest absolute Gasteiger partial charge is 0.256 e. The Morgan fingerprint density at radius 3 is 2.95 bits per heavy atom. The molecule has 0 bridgehead atoms. The van der Waals surface area contributed by atoms with Gasteiger partial charge in [-0.2, -0.15) is 0 Å². The van der Waals surface area contributed by atoms with Crippen LogP contribution in [-0.2, 0) is 0 Å². The fraction of sp³-hybridized carbons (Fsp3) is 0.500. The van der Waals surface area contributed by atoms with Gasteiger partial charge >= 0.3 is 0 Å². The average molecular weight is 319 g/mol. The lowest BCUT2D eigenvalue weighted by molar-refractivity contribution is 0.0657. The zero-order valence-corrected chi connectivity index (χ0v) is 12.5. The molecule has 0 aliphatic carbocycles. The van der Waals surface area contributed by atoms with Crippen molar-refractivity contribution in [3.63, 3.8) is 0 Å². The maximum Gasteiger partial charge on any atom is 0.256 e. The Balaban J connectivity index is 0.00000147. The molecule has 0 spiro atoms. The number of nitrogens with zero attached hydrogens (tertiary/aromatic N) is 1. The molecular weight excluding hydrogens is 302 g/mol. The average Bonchev–Trinajstić information content (AvgIpc) is 2.85. The number of fused-ring (bicyclic) bond motifs is 1. The third-order valence-electron chi connectivity index (χ3n) is 4.10. The highest BCUT2D eigenvalue weighted by Crippen LogP contribution is 2.26. The van der Waals surface area contributed by atoms with Gasteiger partial charge in [0.15, 0.2) is 0 Å². The van der Waals surface area contributed by atoms with Gasteiger partial charge in [0.2, 0.25) is 0 Å². The molecule has 3 nitrogen and oxygen atoms in total. The van der Waals surface area contributed by atoms with E-state index in [-0.39, 0.29) is 23.9 Å². The molecule has 2 unspecified atom stereocenters. The Bertz CT molecular complexity index is 512. The summed E-state index contributed by atoms with van der Waals surface area (Å²) in [6.07, 6.45) is 2.04. The van der Waals surface area contributed by atoms with Crippen molar-refractivity contribution in [3.8, 4) is 0 Å². The minimum absolute atomic E-state index is 0. The fourth-order valence-corrected chi connectivity index (χ4v) is 3.22. The van der Waals surface area contributed by atoms with Gasteiger partial charge in [0.25, 0.3) is 5.91 Å². The second kappa shape index (κ2) is 6.29.